The Morgan fingerprint density at radius 3 is 2.56 bits per heavy atom. The van der Waals surface area contributed by atoms with Crippen molar-refractivity contribution in [1.82, 2.24) is 0 Å². The molecule has 0 rings (SSSR count). The van der Waals surface area contributed by atoms with Gasteiger partial charge in [-0.2, -0.15) is 0 Å². The molecular formula is C6H8F2O. The van der Waals surface area contributed by atoms with Crippen molar-refractivity contribution in [3.63, 3.8) is 0 Å². The van der Waals surface area contributed by atoms with Gasteiger partial charge in [0.25, 0.3) is 0 Å². The summed E-state index contributed by atoms with van der Waals surface area (Å²) in [5.74, 6) is 0. The van der Waals surface area contributed by atoms with Crippen LogP contribution in [0.3, 0.4) is 0 Å². The largest absolute Gasteiger partial charge is 0.298 e. The molecule has 0 aliphatic rings. The minimum atomic E-state index is -2.35. The Balaban J connectivity index is 3.56. The molecule has 0 fully saturated rings. The van der Waals surface area contributed by atoms with E-state index in [2.05, 4.69) is 0 Å². The number of rotatable bonds is 3. The van der Waals surface area contributed by atoms with Crippen LogP contribution < -0.4 is 0 Å². The van der Waals surface area contributed by atoms with Gasteiger partial charge in [-0.15, -0.1) is 0 Å². The quantitative estimate of drug-likeness (QED) is 0.424. The SMILES string of the molecule is C/C(C=O)=C\CC(F)F. The van der Waals surface area contributed by atoms with Gasteiger partial charge >= 0.3 is 0 Å². The van der Waals surface area contributed by atoms with Crippen molar-refractivity contribution >= 4 is 6.29 Å². The lowest BCUT2D eigenvalue weighted by molar-refractivity contribution is -0.104. The zero-order valence-electron chi connectivity index (χ0n) is 5.10. The first kappa shape index (κ1) is 8.27. The molecule has 0 unspecified atom stereocenters. The fraction of sp³-hybridized carbons (Fsp3) is 0.500. The van der Waals surface area contributed by atoms with Crippen LogP contribution >= 0.6 is 0 Å². The molecule has 0 atom stereocenters. The Morgan fingerprint density at radius 2 is 2.22 bits per heavy atom. The number of aldehydes is 1. The first-order valence-corrected chi connectivity index (χ1v) is 2.57. The third kappa shape index (κ3) is 5.14. The van der Waals surface area contributed by atoms with Crippen molar-refractivity contribution in [3.05, 3.63) is 11.6 Å². The van der Waals surface area contributed by atoms with Crippen LogP contribution in [0.25, 0.3) is 0 Å². The van der Waals surface area contributed by atoms with Gasteiger partial charge in [0.15, 0.2) is 0 Å². The second kappa shape index (κ2) is 4.18. The van der Waals surface area contributed by atoms with Crippen LogP contribution in [-0.4, -0.2) is 12.7 Å². The molecule has 0 aromatic rings. The Morgan fingerprint density at radius 1 is 1.67 bits per heavy atom. The molecule has 0 radical (unpaired) electrons. The van der Waals surface area contributed by atoms with E-state index in [1.54, 1.807) is 0 Å². The summed E-state index contributed by atoms with van der Waals surface area (Å²) < 4.78 is 22.7. The Labute approximate surface area is 52.4 Å². The molecule has 0 heterocycles. The summed E-state index contributed by atoms with van der Waals surface area (Å²) >= 11 is 0. The van der Waals surface area contributed by atoms with Gasteiger partial charge in [0.2, 0.25) is 6.43 Å². The van der Waals surface area contributed by atoms with Crippen molar-refractivity contribution in [1.29, 1.82) is 0 Å². The topological polar surface area (TPSA) is 17.1 Å². The van der Waals surface area contributed by atoms with E-state index in [4.69, 9.17) is 0 Å². The van der Waals surface area contributed by atoms with Gasteiger partial charge < -0.3 is 0 Å². The molecule has 0 amide bonds. The molecular weight excluding hydrogens is 126 g/mol. The lowest BCUT2D eigenvalue weighted by Crippen LogP contribution is -1.86. The average molecular weight is 134 g/mol. The summed E-state index contributed by atoms with van der Waals surface area (Å²) in [5.41, 5.74) is 0.357. The Kier molecular flexibility index (Phi) is 3.84. The third-order valence-electron chi connectivity index (χ3n) is 0.804. The predicted molar refractivity (Wildman–Crippen MR) is 30.4 cm³/mol. The van der Waals surface area contributed by atoms with Gasteiger partial charge in [-0.25, -0.2) is 8.78 Å². The highest BCUT2D eigenvalue weighted by Gasteiger charge is 1.97. The van der Waals surface area contributed by atoms with Crippen LogP contribution in [0, 0.1) is 0 Å². The lowest BCUT2D eigenvalue weighted by atomic mass is 10.3. The molecule has 0 aromatic carbocycles. The molecule has 0 aliphatic heterocycles. The number of hydrogen-bond acceptors (Lipinski definition) is 1. The number of hydrogen-bond donors (Lipinski definition) is 0. The van der Waals surface area contributed by atoms with E-state index >= 15 is 0 Å². The molecule has 0 spiro atoms. The summed E-state index contributed by atoms with van der Waals surface area (Å²) in [6.07, 6.45) is -0.898. The molecule has 52 valence electrons. The second-order valence-electron chi connectivity index (χ2n) is 1.69. The number of carbonyl (C=O) groups excluding carboxylic acids is 1. The van der Waals surface area contributed by atoms with Gasteiger partial charge in [-0.3, -0.25) is 4.79 Å². The minimum absolute atomic E-state index is 0.329. The van der Waals surface area contributed by atoms with Crippen molar-refractivity contribution < 1.29 is 13.6 Å². The van der Waals surface area contributed by atoms with E-state index < -0.39 is 6.43 Å². The number of halogens is 2. The standard InChI is InChI=1S/C6H8F2O/c1-5(4-9)2-3-6(7)8/h2,4,6H,3H2,1H3/b5-2+. The third-order valence-corrected chi connectivity index (χ3v) is 0.804. The Bertz CT molecular complexity index is 118. The number of allylic oxidation sites excluding steroid dienone is 2. The molecule has 0 N–H and O–H groups in total. The van der Waals surface area contributed by atoms with Crippen molar-refractivity contribution in [2.75, 3.05) is 0 Å². The molecule has 9 heavy (non-hydrogen) atoms. The summed E-state index contributed by atoms with van der Waals surface area (Å²) in [6.45, 7) is 1.50. The fourth-order valence-electron chi connectivity index (χ4n) is 0.323. The second-order valence-corrected chi connectivity index (χ2v) is 1.69. The van der Waals surface area contributed by atoms with Gasteiger partial charge in [0.1, 0.15) is 6.29 Å². The maximum atomic E-state index is 11.4. The van der Waals surface area contributed by atoms with E-state index in [9.17, 15) is 13.6 Å². The molecule has 0 aliphatic carbocycles. The molecule has 1 nitrogen and oxygen atoms in total. The predicted octanol–water partition coefficient (Wildman–Crippen LogP) is 1.79. The molecule has 0 aromatic heterocycles. The zero-order valence-corrected chi connectivity index (χ0v) is 5.10. The number of alkyl halides is 2. The highest BCUT2D eigenvalue weighted by atomic mass is 19.3. The van der Waals surface area contributed by atoms with Crippen molar-refractivity contribution in [2.24, 2.45) is 0 Å². The maximum absolute atomic E-state index is 11.4. The Hall–Kier alpha value is -0.730. The molecule has 0 bridgehead atoms. The molecule has 0 saturated heterocycles. The van der Waals surface area contributed by atoms with Crippen molar-refractivity contribution in [2.45, 2.75) is 19.8 Å². The van der Waals surface area contributed by atoms with E-state index in [0.717, 1.165) is 0 Å². The summed E-state index contributed by atoms with van der Waals surface area (Å²) in [7, 11) is 0. The van der Waals surface area contributed by atoms with Crippen LogP contribution in [0.2, 0.25) is 0 Å². The smallest absolute Gasteiger partial charge is 0.242 e. The molecule has 0 saturated carbocycles. The number of carbonyl (C=O) groups is 1. The highest BCUT2D eigenvalue weighted by Crippen LogP contribution is 2.01. The van der Waals surface area contributed by atoms with Crippen LogP contribution in [-0.2, 0) is 4.79 Å². The summed E-state index contributed by atoms with van der Waals surface area (Å²) in [5, 5.41) is 0. The first-order valence-electron chi connectivity index (χ1n) is 2.57. The first-order chi connectivity index (χ1) is 4.16. The van der Waals surface area contributed by atoms with E-state index in [-0.39, 0.29) is 6.42 Å². The lowest BCUT2D eigenvalue weighted by Gasteiger charge is -1.89. The average Bonchev–Trinajstić information content (AvgIpc) is 1.83. The van der Waals surface area contributed by atoms with Crippen LogP contribution in [0.4, 0.5) is 8.78 Å². The zero-order chi connectivity index (χ0) is 7.28. The minimum Gasteiger partial charge on any atom is -0.298 e. The molecule has 3 heteroatoms. The van der Waals surface area contributed by atoms with E-state index in [1.807, 2.05) is 0 Å². The summed E-state index contributed by atoms with van der Waals surface area (Å²) in [4.78, 5) is 9.80. The van der Waals surface area contributed by atoms with E-state index in [1.165, 1.54) is 13.0 Å². The van der Waals surface area contributed by atoms with Gasteiger partial charge in [-0.05, 0) is 12.5 Å². The van der Waals surface area contributed by atoms with Crippen LogP contribution in [0.1, 0.15) is 13.3 Å². The highest BCUT2D eigenvalue weighted by molar-refractivity contribution is 5.71. The van der Waals surface area contributed by atoms with Crippen LogP contribution in [0.15, 0.2) is 11.6 Å². The van der Waals surface area contributed by atoms with Crippen molar-refractivity contribution in [3.8, 4) is 0 Å². The fourth-order valence-corrected chi connectivity index (χ4v) is 0.323. The van der Waals surface area contributed by atoms with Gasteiger partial charge in [0.05, 0.1) is 0 Å². The summed E-state index contributed by atoms with van der Waals surface area (Å²) in [6, 6.07) is 0. The van der Waals surface area contributed by atoms with Gasteiger partial charge in [0, 0.05) is 6.42 Å². The maximum Gasteiger partial charge on any atom is 0.242 e. The monoisotopic (exact) mass is 134 g/mol. The van der Waals surface area contributed by atoms with Gasteiger partial charge in [-0.1, -0.05) is 6.08 Å². The van der Waals surface area contributed by atoms with E-state index in [0.29, 0.717) is 11.9 Å². The van der Waals surface area contributed by atoms with Crippen LogP contribution in [0.5, 0.6) is 0 Å². The normalized spacial score (nSPS) is 12.2.